The smallest absolute Gasteiger partial charge is 0.413 e. The predicted octanol–water partition coefficient (Wildman–Crippen LogP) is 1.31. The van der Waals surface area contributed by atoms with Gasteiger partial charge in [-0.2, -0.15) is 5.10 Å². The van der Waals surface area contributed by atoms with E-state index in [9.17, 15) is 9.59 Å². The molecular weight excluding hydrogens is 274 g/mol. The van der Waals surface area contributed by atoms with Crippen LogP contribution in [0.4, 0.5) is 10.6 Å². The van der Waals surface area contributed by atoms with Crippen LogP contribution in [-0.4, -0.2) is 31.3 Å². The number of aryl methyl sites for hydroxylation is 1. The molecular formula is C13H17N5O3. The normalized spacial score (nSPS) is 11.2. The minimum atomic E-state index is -0.726. The van der Waals surface area contributed by atoms with E-state index < -0.39 is 17.1 Å². The number of nitrogens with one attached hydrogen (secondary N) is 1. The van der Waals surface area contributed by atoms with Gasteiger partial charge in [-0.05, 0) is 20.8 Å². The Labute approximate surface area is 121 Å². The summed E-state index contributed by atoms with van der Waals surface area (Å²) >= 11 is 0. The summed E-state index contributed by atoms with van der Waals surface area (Å²) in [7, 11) is 1.77. The lowest BCUT2D eigenvalue weighted by atomic mass is 10.2. The van der Waals surface area contributed by atoms with E-state index in [4.69, 9.17) is 4.74 Å². The van der Waals surface area contributed by atoms with Gasteiger partial charge < -0.3 is 4.74 Å². The molecule has 2 rings (SSSR count). The number of rotatable bonds is 2. The number of amides is 1. The molecule has 0 aromatic carbocycles. The third-order valence-corrected chi connectivity index (χ3v) is 2.38. The van der Waals surface area contributed by atoms with Gasteiger partial charge >= 0.3 is 6.09 Å². The van der Waals surface area contributed by atoms with Crippen LogP contribution in [0.5, 0.6) is 0 Å². The molecule has 21 heavy (non-hydrogen) atoms. The van der Waals surface area contributed by atoms with Gasteiger partial charge in [0.2, 0.25) is 11.2 Å². The second-order valence-electron chi connectivity index (χ2n) is 5.47. The van der Waals surface area contributed by atoms with E-state index in [0.717, 1.165) is 0 Å². The first-order chi connectivity index (χ1) is 9.74. The van der Waals surface area contributed by atoms with Crippen molar-refractivity contribution in [1.82, 2.24) is 19.6 Å². The summed E-state index contributed by atoms with van der Waals surface area (Å²) in [6.07, 6.45) is 4.10. The summed E-state index contributed by atoms with van der Waals surface area (Å²) in [5.74, 6) is -0.101. The summed E-state index contributed by atoms with van der Waals surface area (Å²) in [6, 6.07) is 1.31. The molecule has 2 heterocycles. The van der Waals surface area contributed by atoms with Crippen LogP contribution in [0.1, 0.15) is 20.8 Å². The molecule has 1 amide bonds. The van der Waals surface area contributed by atoms with Crippen LogP contribution in [0.3, 0.4) is 0 Å². The van der Waals surface area contributed by atoms with Gasteiger partial charge in [0.05, 0.1) is 12.4 Å². The molecule has 112 valence electrons. The molecule has 8 nitrogen and oxygen atoms in total. The highest BCUT2D eigenvalue weighted by molar-refractivity contribution is 5.83. The summed E-state index contributed by atoms with van der Waals surface area (Å²) in [5.41, 5.74) is -0.382. The van der Waals surface area contributed by atoms with Crippen LogP contribution in [0.25, 0.3) is 5.69 Å². The zero-order valence-corrected chi connectivity index (χ0v) is 12.3. The number of hydrogen-bond donors (Lipinski definition) is 1. The predicted molar refractivity (Wildman–Crippen MR) is 76.5 cm³/mol. The monoisotopic (exact) mass is 291 g/mol. The van der Waals surface area contributed by atoms with Crippen molar-refractivity contribution in [3.05, 3.63) is 34.9 Å². The average molecular weight is 291 g/mol. The van der Waals surface area contributed by atoms with Crippen molar-refractivity contribution < 1.29 is 9.53 Å². The Hall–Kier alpha value is -2.64. The van der Waals surface area contributed by atoms with Gasteiger partial charge in [-0.1, -0.05) is 0 Å². The van der Waals surface area contributed by atoms with Gasteiger partial charge in [-0.3, -0.25) is 14.8 Å². The van der Waals surface area contributed by atoms with Gasteiger partial charge in [0.1, 0.15) is 11.3 Å². The van der Waals surface area contributed by atoms with Crippen molar-refractivity contribution in [2.24, 2.45) is 7.05 Å². The molecule has 0 spiro atoms. The fourth-order valence-electron chi connectivity index (χ4n) is 1.56. The first kappa shape index (κ1) is 14.8. The first-order valence-electron chi connectivity index (χ1n) is 6.33. The third-order valence-electron chi connectivity index (χ3n) is 2.38. The van der Waals surface area contributed by atoms with Crippen molar-refractivity contribution in [2.75, 3.05) is 5.32 Å². The minimum Gasteiger partial charge on any atom is -0.444 e. The summed E-state index contributed by atoms with van der Waals surface area (Å²) < 4.78 is 8.14. The molecule has 0 saturated heterocycles. The van der Waals surface area contributed by atoms with Crippen LogP contribution < -0.4 is 10.7 Å². The first-order valence-corrected chi connectivity index (χ1v) is 6.33. The molecule has 0 atom stereocenters. The Morgan fingerprint density at radius 2 is 2.10 bits per heavy atom. The molecule has 1 N–H and O–H groups in total. The van der Waals surface area contributed by atoms with Crippen LogP contribution in [0.15, 0.2) is 29.5 Å². The topological polar surface area (TPSA) is 91.0 Å². The quantitative estimate of drug-likeness (QED) is 0.901. The summed E-state index contributed by atoms with van der Waals surface area (Å²) in [6.45, 7) is 5.21. The lowest BCUT2D eigenvalue weighted by Gasteiger charge is -2.19. The molecule has 8 heteroatoms. The Kier molecular flexibility index (Phi) is 3.79. The van der Waals surface area contributed by atoms with Crippen molar-refractivity contribution in [2.45, 2.75) is 26.4 Å². The van der Waals surface area contributed by atoms with Crippen LogP contribution >= 0.6 is 0 Å². The van der Waals surface area contributed by atoms with Gasteiger partial charge in [-0.25, -0.2) is 9.48 Å². The number of carbonyl (C=O) groups excluding carboxylic acids is 1. The van der Waals surface area contributed by atoms with Crippen LogP contribution in [0, 0.1) is 0 Å². The zero-order chi connectivity index (χ0) is 15.6. The molecule has 2 aromatic rings. The second-order valence-corrected chi connectivity index (χ2v) is 5.47. The largest absolute Gasteiger partial charge is 0.444 e. The average Bonchev–Trinajstić information content (AvgIpc) is 2.76. The van der Waals surface area contributed by atoms with E-state index in [2.05, 4.69) is 15.5 Å². The third kappa shape index (κ3) is 3.91. The number of anilines is 1. The molecule has 0 bridgehead atoms. The highest BCUT2D eigenvalue weighted by Crippen LogP contribution is 2.09. The number of carbonyl (C=O) groups is 1. The number of ether oxygens (including phenoxy) is 1. The SMILES string of the molecule is Cn1cc(-n2ccc(=O)c(NC(=O)OC(C)(C)C)n2)cn1. The Balaban J connectivity index is 2.24. The molecule has 0 aliphatic carbocycles. The zero-order valence-electron chi connectivity index (χ0n) is 12.3. The van der Waals surface area contributed by atoms with E-state index in [1.807, 2.05) is 0 Å². The molecule has 0 fully saturated rings. The molecule has 0 radical (unpaired) electrons. The van der Waals surface area contributed by atoms with E-state index in [1.54, 1.807) is 44.9 Å². The second kappa shape index (κ2) is 5.39. The Morgan fingerprint density at radius 3 is 2.67 bits per heavy atom. The number of nitrogens with zero attached hydrogens (tertiary/aromatic N) is 4. The van der Waals surface area contributed by atoms with Crippen LogP contribution in [-0.2, 0) is 11.8 Å². The highest BCUT2D eigenvalue weighted by Gasteiger charge is 2.17. The van der Waals surface area contributed by atoms with Gasteiger partial charge in [0.15, 0.2) is 0 Å². The number of aromatic nitrogens is 4. The maximum atomic E-state index is 11.7. The number of hydrogen-bond acceptors (Lipinski definition) is 5. The standard InChI is InChI=1S/C13H17N5O3/c1-13(2,3)21-12(20)15-11-10(19)5-6-18(16-11)9-7-14-17(4)8-9/h5-8H,1-4H3,(H,15,16,20). The molecule has 0 saturated carbocycles. The van der Waals surface area contributed by atoms with E-state index in [0.29, 0.717) is 5.69 Å². The summed E-state index contributed by atoms with van der Waals surface area (Å²) in [5, 5.41) is 10.4. The van der Waals surface area contributed by atoms with E-state index >= 15 is 0 Å². The Bertz CT molecular complexity index is 711. The van der Waals surface area contributed by atoms with Gasteiger partial charge in [0, 0.05) is 19.3 Å². The van der Waals surface area contributed by atoms with Crippen molar-refractivity contribution >= 4 is 11.9 Å². The highest BCUT2D eigenvalue weighted by atomic mass is 16.6. The molecule has 2 aromatic heterocycles. The Morgan fingerprint density at radius 1 is 1.38 bits per heavy atom. The lowest BCUT2D eigenvalue weighted by Crippen LogP contribution is -2.29. The van der Waals surface area contributed by atoms with E-state index in [1.165, 1.54) is 16.9 Å². The van der Waals surface area contributed by atoms with Crippen molar-refractivity contribution in [3.8, 4) is 5.69 Å². The van der Waals surface area contributed by atoms with Crippen LogP contribution in [0.2, 0.25) is 0 Å². The molecule has 0 aliphatic heterocycles. The fraction of sp³-hybridized carbons (Fsp3) is 0.385. The van der Waals surface area contributed by atoms with Crippen molar-refractivity contribution in [1.29, 1.82) is 0 Å². The van der Waals surface area contributed by atoms with E-state index in [-0.39, 0.29) is 5.82 Å². The van der Waals surface area contributed by atoms with Gasteiger partial charge in [-0.15, -0.1) is 5.10 Å². The maximum Gasteiger partial charge on any atom is 0.413 e. The molecule has 0 aliphatic rings. The van der Waals surface area contributed by atoms with Gasteiger partial charge in [0.25, 0.3) is 0 Å². The molecule has 0 unspecified atom stereocenters. The lowest BCUT2D eigenvalue weighted by molar-refractivity contribution is 0.0635. The minimum absolute atomic E-state index is 0.101. The van der Waals surface area contributed by atoms with Crippen molar-refractivity contribution in [3.63, 3.8) is 0 Å². The fourth-order valence-corrected chi connectivity index (χ4v) is 1.56. The maximum absolute atomic E-state index is 11.7. The summed E-state index contributed by atoms with van der Waals surface area (Å²) in [4.78, 5) is 23.4.